The summed E-state index contributed by atoms with van der Waals surface area (Å²) in [5.74, 6) is -0.926. The molecule has 1 aliphatic heterocycles. The van der Waals surface area contributed by atoms with Crippen LogP contribution in [0.2, 0.25) is 0 Å². The number of rotatable bonds is 3. The predicted octanol–water partition coefficient (Wildman–Crippen LogP) is 3.91. The molecule has 7 heteroatoms. The number of carbonyl (C=O) groups is 2. The highest BCUT2D eigenvalue weighted by atomic mass is 32.1. The molecule has 0 spiro atoms. The highest BCUT2D eigenvalue weighted by molar-refractivity contribution is 7.19. The Morgan fingerprint density at radius 1 is 1.21 bits per heavy atom. The molecule has 0 N–H and O–H groups in total. The number of nitriles is 1. The van der Waals surface area contributed by atoms with Gasteiger partial charge in [0, 0.05) is 19.2 Å². The van der Waals surface area contributed by atoms with Crippen LogP contribution in [0.1, 0.15) is 18.9 Å². The maximum atomic E-state index is 12.8. The van der Waals surface area contributed by atoms with Gasteiger partial charge in [-0.25, -0.2) is 4.98 Å². The van der Waals surface area contributed by atoms with Gasteiger partial charge in [-0.05, 0) is 37.1 Å². The number of benzene rings is 1. The van der Waals surface area contributed by atoms with E-state index in [0.29, 0.717) is 16.2 Å². The molecule has 29 heavy (non-hydrogen) atoms. The number of amides is 2. The van der Waals surface area contributed by atoms with Crippen LogP contribution >= 0.6 is 11.3 Å². The molecular formula is C22H18N4O2S. The smallest absolute Gasteiger partial charge is 0.271 e. The van der Waals surface area contributed by atoms with E-state index in [4.69, 9.17) is 0 Å². The zero-order valence-electron chi connectivity index (χ0n) is 16.3. The van der Waals surface area contributed by atoms with Crippen molar-refractivity contribution in [2.24, 2.45) is 7.05 Å². The van der Waals surface area contributed by atoms with Crippen molar-refractivity contribution in [2.75, 3.05) is 6.54 Å². The predicted molar refractivity (Wildman–Crippen MR) is 113 cm³/mol. The third kappa shape index (κ3) is 2.98. The van der Waals surface area contributed by atoms with E-state index >= 15 is 0 Å². The summed E-state index contributed by atoms with van der Waals surface area (Å²) in [6, 6.07) is 14.1. The van der Waals surface area contributed by atoms with Crippen LogP contribution in [0.4, 0.5) is 0 Å². The maximum absolute atomic E-state index is 12.8. The topological polar surface area (TPSA) is 79.0 Å². The highest BCUT2D eigenvalue weighted by Gasteiger charge is 2.34. The molecule has 0 atom stereocenters. The molecule has 0 fully saturated rings. The molecule has 6 nitrogen and oxygen atoms in total. The lowest BCUT2D eigenvalue weighted by atomic mass is 9.95. The van der Waals surface area contributed by atoms with E-state index in [1.54, 1.807) is 19.9 Å². The molecule has 0 radical (unpaired) electrons. The van der Waals surface area contributed by atoms with Crippen LogP contribution in [-0.4, -0.2) is 32.8 Å². The summed E-state index contributed by atoms with van der Waals surface area (Å²) in [7, 11) is 1.96. The standard InChI is InChI=1S/C22H18N4O2S/c1-4-26-21(27)15(13(2)16(12-23)22(26)28)10-19-24-20-18(29-19)11-17(25(20)3)14-8-6-5-7-9-14/h5-11H,4H2,1-3H3/b15-10-. The van der Waals surface area contributed by atoms with Crippen molar-refractivity contribution in [3.8, 4) is 17.3 Å². The maximum Gasteiger partial charge on any atom is 0.271 e. The molecule has 3 aromatic rings. The molecule has 0 unspecified atom stereocenters. The van der Waals surface area contributed by atoms with Gasteiger partial charge in [-0.2, -0.15) is 5.26 Å². The van der Waals surface area contributed by atoms with E-state index in [1.807, 2.05) is 35.9 Å². The largest absolute Gasteiger partial charge is 0.328 e. The lowest BCUT2D eigenvalue weighted by Gasteiger charge is -2.25. The zero-order valence-corrected chi connectivity index (χ0v) is 17.1. The lowest BCUT2D eigenvalue weighted by molar-refractivity contribution is -0.140. The summed E-state index contributed by atoms with van der Waals surface area (Å²) < 4.78 is 3.03. The number of hydrogen-bond acceptors (Lipinski definition) is 5. The van der Waals surface area contributed by atoms with Gasteiger partial charge in [0.1, 0.15) is 16.6 Å². The Labute approximate surface area is 172 Å². The van der Waals surface area contributed by atoms with Crippen LogP contribution < -0.4 is 0 Å². The number of imide groups is 1. The van der Waals surface area contributed by atoms with E-state index in [0.717, 1.165) is 26.5 Å². The van der Waals surface area contributed by atoms with Crippen LogP contribution in [0.25, 0.3) is 27.7 Å². The molecule has 2 amide bonds. The molecule has 0 aliphatic carbocycles. The minimum Gasteiger partial charge on any atom is -0.328 e. The van der Waals surface area contributed by atoms with Crippen molar-refractivity contribution in [1.29, 1.82) is 5.26 Å². The number of likely N-dealkylation sites (N-methyl/N-ethyl adjacent to an activating group) is 1. The van der Waals surface area contributed by atoms with Gasteiger partial charge in [-0.15, -0.1) is 11.3 Å². The van der Waals surface area contributed by atoms with Crippen LogP contribution in [-0.2, 0) is 16.6 Å². The third-order valence-electron chi connectivity index (χ3n) is 5.08. The van der Waals surface area contributed by atoms with Crippen molar-refractivity contribution in [1.82, 2.24) is 14.5 Å². The Hall–Kier alpha value is -3.50. The van der Waals surface area contributed by atoms with E-state index in [-0.39, 0.29) is 12.1 Å². The van der Waals surface area contributed by atoms with Crippen molar-refractivity contribution in [2.45, 2.75) is 13.8 Å². The average Bonchev–Trinajstić information content (AvgIpc) is 3.25. The monoisotopic (exact) mass is 402 g/mol. The average molecular weight is 402 g/mol. The fourth-order valence-corrected chi connectivity index (χ4v) is 4.48. The van der Waals surface area contributed by atoms with Gasteiger partial charge >= 0.3 is 0 Å². The Bertz CT molecular complexity index is 1260. The first-order chi connectivity index (χ1) is 14.0. The zero-order chi connectivity index (χ0) is 20.7. The van der Waals surface area contributed by atoms with Gasteiger partial charge in [-0.3, -0.25) is 14.5 Å². The van der Waals surface area contributed by atoms with E-state index in [9.17, 15) is 14.9 Å². The fourth-order valence-electron chi connectivity index (χ4n) is 3.50. The second kappa shape index (κ2) is 7.15. The second-order valence-corrected chi connectivity index (χ2v) is 7.78. The number of thiazole rings is 1. The van der Waals surface area contributed by atoms with Crippen molar-refractivity contribution >= 4 is 39.6 Å². The Balaban J connectivity index is 1.80. The van der Waals surface area contributed by atoms with Crippen molar-refractivity contribution in [3.05, 3.63) is 58.1 Å². The number of hydrogen-bond donors (Lipinski definition) is 0. The number of aromatic nitrogens is 2. The SMILES string of the molecule is CCN1C(=O)C(C#N)=C(C)/C(=C/c2nc3c(cc(-c4ccccc4)n3C)s2)C1=O. The molecule has 2 aromatic heterocycles. The molecule has 1 aromatic carbocycles. The van der Waals surface area contributed by atoms with Crippen LogP contribution in [0.3, 0.4) is 0 Å². The number of nitrogens with zero attached hydrogens (tertiary/aromatic N) is 4. The first-order valence-electron chi connectivity index (χ1n) is 9.17. The molecule has 3 heterocycles. The lowest BCUT2D eigenvalue weighted by Crippen LogP contribution is -2.42. The van der Waals surface area contributed by atoms with E-state index in [2.05, 4.69) is 23.2 Å². The number of aryl methyl sites for hydroxylation is 1. The summed E-state index contributed by atoms with van der Waals surface area (Å²) in [4.78, 5) is 30.9. The fraction of sp³-hybridized carbons (Fsp3) is 0.182. The summed E-state index contributed by atoms with van der Waals surface area (Å²) in [6.45, 7) is 3.56. The van der Waals surface area contributed by atoms with E-state index < -0.39 is 11.8 Å². The summed E-state index contributed by atoms with van der Waals surface area (Å²) in [5.41, 5.74) is 3.75. The first kappa shape index (κ1) is 18.8. The summed E-state index contributed by atoms with van der Waals surface area (Å²) in [6.07, 6.45) is 1.68. The van der Waals surface area contributed by atoms with Gasteiger partial charge in [0.2, 0.25) is 0 Å². The van der Waals surface area contributed by atoms with Gasteiger partial charge in [0.05, 0.1) is 10.4 Å². The van der Waals surface area contributed by atoms with Crippen LogP contribution in [0.5, 0.6) is 0 Å². The molecule has 1 aliphatic rings. The van der Waals surface area contributed by atoms with Crippen molar-refractivity contribution < 1.29 is 9.59 Å². The Morgan fingerprint density at radius 2 is 1.93 bits per heavy atom. The number of fused-ring (bicyclic) bond motifs is 1. The second-order valence-electron chi connectivity index (χ2n) is 6.72. The molecular weight excluding hydrogens is 384 g/mol. The van der Waals surface area contributed by atoms with Crippen LogP contribution in [0, 0.1) is 11.3 Å². The molecule has 0 bridgehead atoms. The first-order valence-corrected chi connectivity index (χ1v) is 9.98. The van der Waals surface area contributed by atoms with Gasteiger partial charge in [0.15, 0.2) is 5.65 Å². The minimum absolute atomic E-state index is 0.00479. The van der Waals surface area contributed by atoms with Gasteiger partial charge in [0.25, 0.3) is 11.8 Å². The highest BCUT2D eigenvalue weighted by Crippen LogP contribution is 2.33. The van der Waals surface area contributed by atoms with Crippen molar-refractivity contribution in [3.63, 3.8) is 0 Å². The summed E-state index contributed by atoms with van der Waals surface area (Å²) >= 11 is 1.47. The van der Waals surface area contributed by atoms with Crippen LogP contribution in [0.15, 0.2) is 53.1 Å². The molecule has 4 rings (SSSR count). The number of carbonyl (C=O) groups excluding carboxylic acids is 2. The quantitative estimate of drug-likeness (QED) is 0.491. The Kier molecular flexibility index (Phi) is 4.65. The molecule has 144 valence electrons. The molecule has 0 saturated heterocycles. The third-order valence-corrected chi connectivity index (χ3v) is 6.02. The normalized spacial score (nSPS) is 16.2. The molecule has 0 saturated carbocycles. The van der Waals surface area contributed by atoms with Gasteiger partial charge in [-0.1, -0.05) is 30.3 Å². The minimum atomic E-state index is -0.536. The summed E-state index contributed by atoms with van der Waals surface area (Å²) in [5, 5.41) is 10.0. The van der Waals surface area contributed by atoms with Gasteiger partial charge < -0.3 is 4.57 Å². The van der Waals surface area contributed by atoms with E-state index in [1.165, 1.54) is 11.3 Å². The Morgan fingerprint density at radius 3 is 2.55 bits per heavy atom.